The van der Waals surface area contributed by atoms with Gasteiger partial charge in [0.2, 0.25) is 5.91 Å². The largest absolute Gasteiger partial charge is 0.321 e. The summed E-state index contributed by atoms with van der Waals surface area (Å²) in [6.07, 6.45) is 2.74. The van der Waals surface area contributed by atoms with Crippen molar-refractivity contribution in [2.75, 3.05) is 0 Å². The van der Waals surface area contributed by atoms with Crippen molar-refractivity contribution < 1.29 is 4.79 Å². The number of hydrogen-bond acceptors (Lipinski definition) is 2. The number of rotatable bonds is 2. The third-order valence-corrected chi connectivity index (χ3v) is 3.68. The summed E-state index contributed by atoms with van der Waals surface area (Å²) >= 11 is 0. The van der Waals surface area contributed by atoms with Gasteiger partial charge < -0.3 is 4.90 Å². The SMILES string of the molecule is CC1NC(C)N(C(C)(C)C2CC2)C1=O. The lowest BCUT2D eigenvalue weighted by Crippen LogP contribution is -2.51. The molecule has 0 aromatic carbocycles. The molecule has 2 fully saturated rings. The van der Waals surface area contributed by atoms with Crippen molar-refractivity contribution in [1.29, 1.82) is 0 Å². The van der Waals surface area contributed by atoms with Crippen molar-refractivity contribution in [1.82, 2.24) is 10.2 Å². The van der Waals surface area contributed by atoms with Gasteiger partial charge in [0, 0.05) is 5.54 Å². The first-order valence-corrected chi connectivity index (χ1v) is 5.54. The highest BCUT2D eigenvalue weighted by atomic mass is 16.2. The lowest BCUT2D eigenvalue weighted by atomic mass is 9.95. The van der Waals surface area contributed by atoms with Crippen molar-refractivity contribution >= 4 is 5.91 Å². The fourth-order valence-corrected chi connectivity index (χ4v) is 2.68. The molecule has 1 aliphatic heterocycles. The predicted octanol–water partition coefficient (Wildman–Crippen LogP) is 1.34. The second kappa shape index (κ2) is 2.96. The summed E-state index contributed by atoms with van der Waals surface area (Å²) in [5.74, 6) is 0.968. The Morgan fingerprint density at radius 1 is 1.36 bits per heavy atom. The lowest BCUT2D eigenvalue weighted by Gasteiger charge is -2.38. The lowest BCUT2D eigenvalue weighted by molar-refractivity contribution is -0.135. The van der Waals surface area contributed by atoms with E-state index in [1.165, 1.54) is 12.8 Å². The maximum atomic E-state index is 12.0. The van der Waals surface area contributed by atoms with Crippen LogP contribution < -0.4 is 5.32 Å². The molecule has 1 N–H and O–H groups in total. The normalized spacial score (nSPS) is 34.0. The first kappa shape index (κ1) is 9.97. The Labute approximate surface area is 85.8 Å². The van der Waals surface area contributed by atoms with Crippen molar-refractivity contribution in [2.24, 2.45) is 5.92 Å². The Bertz CT molecular complexity index is 258. The number of hydrogen-bond donors (Lipinski definition) is 1. The molecule has 1 amide bonds. The molecule has 0 aromatic heterocycles. The first-order valence-electron chi connectivity index (χ1n) is 5.54. The number of nitrogens with zero attached hydrogens (tertiary/aromatic N) is 1. The quantitative estimate of drug-likeness (QED) is 0.723. The van der Waals surface area contributed by atoms with Gasteiger partial charge in [-0.2, -0.15) is 0 Å². The molecule has 2 atom stereocenters. The first-order chi connectivity index (χ1) is 6.44. The summed E-state index contributed by atoms with van der Waals surface area (Å²) < 4.78 is 0. The number of carbonyl (C=O) groups excluding carboxylic acids is 1. The van der Waals surface area contributed by atoms with E-state index in [9.17, 15) is 4.79 Å². The van der Waals surface area contributed by atoms with E-state index in [1.54, 1.807) is 0 Å². The van der Waals surface area contributed by atoms with Crippen molar-refractivity contribution in [3.05, 3.63) is 0 Å². The fraction of sp³-hybridized carbons (Fsp3) is 0.909. The van der Waals surface area contributed by atoms with Crippen molar-refractivity contribution in [3.8, 4) is 0 Å². The molecule has 3 heteroatoms. The maximum absolute atomic E-state index is 12.0. The summed E-state index contributed by atoms with van der Waals surface area (Å²) in [5.41, 5.74) is 0.0360. The Kier molecular flexibility index (Phi) is 2.11. The minimum absolute atomic E-state index is 0.0111. The van der Waals surface area contributed by atoms with Crippen LogP contribution in [0.1, 0.15) is 40.5 Å². The molecule has 2 unspecified atom stereocenters. The van der Waals surface area contributed by atoms with Crippen LogP contribution in [0.25, 0.3) is 0 Å². The summed E-state index contributed by atoms with van der Waals surface area (Å²) in [6.45, 7) is 8.41. The summed E-state index contributed by atoms with van der Waals surface area (Å²) in [4.78, 5) is 14.0. The van der Waals surface area contributed by atoms with Gasteiger partial charge in [-0.3, -0.25) is 10.1 Å². The van der Waals surface area contributed by atoms with E-state index in [-0.39, 0.29) is 23.7 Å². The molecule has 0 spiro atoms. The summed E-state index contributed by atoms with van der Waals surface area (Å²) in [6, 6.07) is -0.0111. The number of carbonyl (C=O) groups is 1. The van der Waals surface area contributed by atoms with Gasteiger partial charge in [-0.15, -0.1) is 0 Å². The van der Waals surface area contributed by atoms with Crippen molar-refractivity contribution in [2.45, 2.75) is 58.3 Å². The minimum Gasteiger partial charge on any atom is -0.321 e. The molecule has 80 valence electrons. The highest BCUT2D eigenvalue weighted by molar-refractivity contribution is 5.84. The van der Waals surface area contributed by atoms with Gasteiger partial charge in [-0.25, -0.2) is 0 Å². The monoisotopic (exact) mass is 196 g/mol. The van der Waals surface area contributed by atoms with Crippen LogP contribution >= 0.6 is 0 Å². The van der Waals surface area contributed by atoms with Crippen LogP contribution in [0.2, 0.25) is 0 Å². The molecule has 1 heterocycles. The zero-order chi connectivity index (χ0) is 10.5. The Balaban J connectivity index is 2.20. The van der Waals surface area contributed by atoms with Gasteiger partial charge in [-0.05, 0) is 46.5 Å². The molecule has 1 saturated heterocycles. The zero-order valence-corrected chi connectivity index (χ0v) is 9.50. The molecule has 0 bridgehead atoms. The topological polar surface area (TPSA) is 32.3 Å². The minimum atomic E-state index is -0.0111. The average molecular weight is 196 g/mol. The van der Waals surface area contributed by atoms with Gasteiger partial charge in [0.15, 0.2) is 0 Å². The van der Waals surface area contributed by atoms with E-state index in [1.807, 2.05) is 11.8 Å². The van der Waals surface area contributed by atoms with E-state index in [0.717, 1.165) is 0 Å². The number of amides is 1. The molecule has 2 rings (SSSR count). The van der Waals surface area contributed by atoms with Gasteiger partial charge in [0.25, 0.3) is 0 Å². The average Bonchev–Trinajstić information content (AvgIpc) is 2.81. The Hall–Kier alpha value is -0.570. The van der Waals surface area contributed by atoms with E-state index in [4.69, 9.17) is 0 Å². The zero-order valence-electron chi connectivity index (χ0n) is 9.50. The van der Waals surface area contributed by atoms with E-state index in [2.05, 4.69) is 26.1 Å². The molecule has 0 radical (unpaired) electrons. The van der Waals surface area contributed by atoms with Gasteiger partial charge in [0.1, 0.15) is 0 Å². The van der Waals surface area contributed by atoms with Crippen LogP contribution in [0, 0.1) is 5.92 Å². The van der Waals surface area contributed by atoms with E-state index in [0.29, 0.717) is 5.92 Å². The smallest absolute Gasteiger partial charge is 0.241 e. The van der Waals surface area contributed by atoms with Crippen LogP contribution in [0.5, 0.6) is 0 Å². The Morgan fingerprint density at radius 2 is 1.93 bits per heavy atom. The third kappa shape index (κ3) is 1.34. The highest BCUT2D eigenvalue weighted by Crippen LogP contribution is 2.44. The summed E-state index contributed by atoms with van der Waals surface area (Å²) in [5, 5.41) is 3.28. The molecular formula is C11H20N2O. The van der Waals surface area contributed by atoms with Crippen LogP contribution in [0.3, 0.4) is 0 Å². The third-order valence-electron chi connectivity index (χ3n) is 3.68. The Morgan fingerprint density at radius 3 is 2.29 bits per heavy atom. The van der Waals surface area contributed by atoms with E-state index < -0.39 is 0 Å². The molecule has 1 aliphatic carbocycles. The maximum Gasteiger partial charge on any atom is 0.241 e. The van der Waals surface area contributed by atoms with E-state index >= 15 is 0 Å². The predicted molar refractivity (Wildman–Crippen MR) is 55.7 cm³/mol. The summed E-state index contributed by atoms with van der Waals surface area (Å²) in [7, 11) is 0. The molecule has 2 aliphatic rings. The van der Waals surface area contributed by atoms with Gasteiger partial charge in [-0.1, -0.05) is 0 Å². The highest BCUT2D eigenvalue weighted by Gasteiger charge is 2.49. The van der Waals surface area contributed by atoms with Crippen LogP contribution in [-0.2, 0) is 4.79 Å². The standard InChI is InChI=1S/C11H20N2O/c1-7-10(14)13(8(2)12-7)11(3,4)9-5-6-9/h7-9,12H,5-6H2,1-4H3. The van der Waals surface area contributed by atoms with Crippen LogP contribution in [0.4, 0.5) is 0 Å². The second-order valence-corrected chi connectivity index (χ2v) is 5.20. The second-order valence-electron chi connectivity index (χ2n) is 5.20. The van der Waals surface area contributed by atoms with Crippen LogP contribution in [0.15, 0.2) is 0 Å². The van der Waals surface area contributed by atoms with Crippen molar-refractivity contribution in [3.63, 3.8) is 0 Å². The molecule has 14 heavy (non-hydrogen) atoms. The van der Waals surface area contributed by atoms with Gasteiger partial charge >= 0.3 is 0 Å². The number of nitrogens with one attached hydrogen (secondary N) is 1. The fourth-order valence-electron chi connectivity index (χ4n) is 2.68. The molecule has 0 aromatic rings. The van der Waals surface area contributed by atoms with Gasteiger partial charge in [0.05, 0.1) is 12.2 Å². The molecule has 1 saturated carbocycles. The molecular weight excluding hydrogens is 176 g/mol. The van der Waals surface area contributed by atoms with Crippen LogP contribution in [-0.4, -0.2) is 28.6 Å². The molecule has 3 nitrogen and oxygen atoms in total.